The molecular weight excluding hydrogens is 524 g/mol. The SMILES string of the molecule is CN(C)CCN(c1ccc(NC(=C2C(=O)Nc3cc(Cl)ccc32)c2ccn3ccnc3c2)cc1)S(C)(=O)=O. The van der Waals surface area contributed by atoms with E-state index in [2.05, 4.69) is 15.6 Å². The number of rotatable bonds is 8. The number of likely N-dealkylation sites (N-methyl/N-ethyl adjacent to an activating group) is 1. The molecule has 196 valence electrons. The van der Waals surface area contributed by atoms with Crippen LogP contribution in [0.25, 0.3) is 16.9 Å². The summed E-state index contributed by atoms with van der Waals surface area (Å²) in [5.41, 5.74) is 5.19. The summed E-state index contributed by atoms with van der Waals surface area (Å²) in [6, 6.07) is 16.2. The molecule has 0 atom stereocenters. The Kier molecular flexibility index (Phi) is 6.87. The number of sulfonamides is 1. The van der Waals surface area contributed by atoms with E-state index >= 15 is 0 Å². The van der Waals surface area contributed by atoms with Gasteiger partial charge < -0.3 is 19.9 Å². The molecule has 1 aliphatic heterocycles. The van der Waals surface area contributed by atoms with Gasteiger partial charge in [0.2, 0.25) is 10.0 Å². The van der Waals surface area contributed by atoms with Gasteiger partial charge in [0.1, 0.15) is 5.65 Å². The first-order chi connectivity index (χ1) is 18.1. The zero-order chi connectivity index (χ0) is 27.0. The van der Waals surface area contributed by atoms with Crippen LogP contribution in [-0.2, 0) is 14.8 Å². The number of carbonyl (C=O) groups is 1. The predicted octanol–water partition coefficient (Wildman–Crippen LogP) is 4.25. The standard InChI is InChI=1S/C27H27ClN6O3S/c1-32(2)14-15-34(38(3,36)37)21-7-5-20(6-8-21)30-26(18-10-12-33-13-11-29-24(33)16-18)25-22-9-4-19(28)17-23(22)31-27(25)35/h4-13,16-17,30H,14-15H2,1-3H3,(H,31,35). The highest BCUT2D eigenvalue weighted by molar-refractivity contribution is 7.92. The molecule has 11 heteroatoms. The maximum Gasteiger partial charge on any atom is 0.258 e. The number of nitrogens with one attached hydrogen (secondary N) is 2. The summed E-state index contributed by atoms with van der Waals surface area (Å²) in [6.45, 7) is 0.913. The second-order valence-electron chi connectivity index (χ2n) is 9.31. The lowest BCUT2D eigenvalue weighted by Gasteiger charge is -2.24. The van der Waals surface area contributed by atoms with E-state index in [1.807, 2.05) is 54.0 Å². The first kappa shape index (κ1) is 25.8. The number of benzene rings is 2. The molecule has 1 aliphatic rings. The number of nitrogens with zero attached hydrogens (tertiary/aromatic N) is 4. The molecule has 2 aromatic heterocycles. The minimum absolute atomic E-state index is 0.253. The monoisotopic (exact) mass is 550 g/mol. The van der Waals surface area contributed by atoms with Gasteiger partial charge in [0.05, 0.1) is 28.9 Å². The van der Waals surface area contributed by atoms with E-state index in [-0.39, 0.29) is 5.91 Å². The largest absolute Gasteiger partial charge is 0.354 e. The van der Waals surface area contributed by atoms with E-state index in [0.29, 0.717) is 46.4 Å². The number of carbonyl (C=O) groups excluding carboxylic acids is 1. The van der Waals surface area contributed by atoms with E-state index < -0.39 is 10.0 Å². The number of anilines is 3. The van der Waals surface area contributed by atoms with Crippen LogP contribution in [0.1, 0.15) is 11.1 Å². The van der Waals surface area contributed by atoms with Crippen molar-refractivity contribution in [1.82, 2.24) is 14.3 Å². The molecule has 0 bridgehead atoms. The Morgan fingerprint density at radius 1 is 1.05 bits per heavy atom. The summed E-state index contributed by atoms with van der Waals surface area (Å²) >= 11 is 6.17. The van der Waals surface area contributed by atoms with Gasteiger partial charge >= 0.3 is 0 Å². The molecule has 2 N–H and O–H groups in total. The number of fused-ring (bicyclic) bond motifs is 2. The Labute approximate surface area is 226 Å². The van der Waals surface area contributed by atoms with Gasteiger partial charge in [-0.15, -0.1) is 0 Å². The van der Waals surface area contributed by atoms with E-state index in [9.17, 15) is 13.2 Å². The Morgan fingerprint density at radius 3 is 2.53 bits per heavy atom. The van der Waals surface area contributed by atoms with Crippen molar-refractivity contribution < 1.29 is 13.2 Å². The molecular formula is C27H27ClN6O3S. The Hall–Kier alpha value is -3.86. The highest BCUT2D eigenvalue weighted by Gasteiger charge is 2.29. The maximum atomic E-state index is 13.2. The molecule has 3 heterocycles. The molecule has 1 amide bonds. The second kappa shape index (κ2) is 10.1. The quantitative estimate of drug-likeness (QED) is 0.318. The molecule has 2 aromatic carbocycles. The number of imidazole rings is 1. The van der Waals surface area contributed by atoms with Gasteiger partial charge in [-0.2, -0.15) is 0 Å². The van der Waals surface area contributed by atoms with Gasteiger partial charge in [0, 0.05) is 53.5 Å². The van der Waals surface area contributed by atoms with Crippen LogP contribution in [0.2, 0.25) is 5.02 Å². The fourth-order valence-electron chi connectivity index (χ4n) is 4.37. The third-order valence-corrected chi connectivity index (χ3v) is 7.67. The molecule has 38 heavy (non-hydrogen) atoms. The lowest BCUT2D eigenvalue weighted by atomic mass is 10.0. The number of pyridine rings is 1. The van der Waals surface area contributed by atoms with E-state index in [0.717, 1.165) is 16.8 Å². The van der Waals surface area contributed by atoms with Gasteiger partial charge in [-0.3, -0.25) is 9.10 Å². The Bertz CT molecular complexity index is 1660. The third-order valence-electron chi connectivity index (χ3n) is 6.24. The number of hydrogen-bond acceptors (Lipinski definition) is 6. The summed E-state index contributed by atoms with van der Waals surface area (Å²) in [5, 5.41) is 6.84. The smallest absolute Gasteiger partial charge is 0.258 e. The lowest BCUT2D eigenvalue weighted by Crippen LogP contribution is -2.35. The molecule has 0 saturated carbocycles. The summed E-state index contributed by atoms with van der Waals surface area (Å²) in [5.74, 6) is -0.253. The molecule has 4 aromatic rings. The first-order valence-corrected chi connectivity index (χ1v) is 14.1. The van der Waals surface area contributed by atoms with Crippen molar-refractivity contribution in [2.24, 2.45) is 0 Å². The third kappa shape index (κ3) is 5.24. The van der Waals surface area contributed by atoms with Crippen molar-refractivity contribution in [3.63, 3.8) is 0 Å². The van der Waals surface area contributed by atoms with Crippen LogP contribution < -0.4 is 14.9 Å². The molecule has 0 aliphatic carbocycles. The Balaban J connectivity index is 1.56. The van der Waals surface area contributed by atoms with Crippen LogP contribution in [0.3, 0.4) is 0 Å². The zero-order valence-electron chi connectivity index (χ0n) is 21.1. The summed E-state index contributed by atoms with van der Waals surface area (Å²) in [4.78, 5) is 19.5. The summed E-state index contributed by atoms with van der Waals surface area (Å²) in [6.07, 6.45) is 6.64. The molecule has 5 rings (SSSR count). The maximum absolute atomic E-state index is 13.2. The molecule has 9 nitrogen and oxygen atoms in total. The number of amides is 1. The van der Waals surface area contributed by atoms with Gasteiger partial charge in [-0.05, 0) is 62.6 Å². The first-order valence-electron chi connectivity index (χ1n) is 11.9. The number of hydrogen-bond donors (Lipinski definition) is 2. The van der Waals surface area contributed by atoms with Crippen molar-refractivity contribution in [2.45, 2.75) is 0 Å². The number of aromatic nitrogens is 2. The fourth-order valence-corrected chi connectivity index (χ4v) is 5.46. The van der Waals surface area contributed by atoms with Gasteiger partial charge in [0.25, 0.3) is 5.91 Å². The van der Waals surface area contributed by atoms with Gasteiger partial charge in [-0.25, -0.2) is 13.4 Å². The lowest BCUT2D eigenvalue weighted by molar-refractivity contribution is -0.110. The van der Waals surface area contributed by atoms with Gasteiger partial charge in [-0.1, -0.05) is 17.7 Å². The van der Waals surface area contributed by atoms with Crippen molar-refractivity contribution >= 4 is 61.5 Å². The topological polar surface area (TPSA) is 99.0 Å². The van der Waals surface area contributed by atoms with Crippen LogP contribution in [-0.4, -0.2) is 62.1 Å². The zero-order valence-corrected chi connectivity index (χ0v) is 22.7. The number of halogens is 1. The minimum atomic E-state index is -3.46. The molecule has 0 saturated heterocycles. The van der Waals surface area contributed by atoms with Crippen LogP contribution in [0, 0.1) is 0 Å². The van der Waals surface area contributed by atoms with Crippen LogP contribution in [0.4, 0.5) is 17.1 Å². The van der Waals surface area contributed by atoms with Gasteiger partial charge in [0.15, 0.2) is 0 Å². The van der Waals surface area contributed by atoms with E-state index in [1.165, 1.54) is 10.6 Å². The molecule has 0 spiro atoms. The van der Waals surface area contributed by atoms with Crippen molar-refractivity contribution in [1.29, 1.82) is 0 Å². The van der Waals surface area contributed by atoms with Crippen molar-refractivity contribution in [3.8, 4) is 0 Å². The van der Waals surface area contributed by atoms with Crippen molar-refractivity contribution in [3.05, 3.63) is 89.3 Å². The highest BCUT2D eigenvalue weighted by atomic mass is 35.5. The predicted molar refractivity (Wildman–Crippen MR) is 153 cm³/mol. The van der Waals surface area contributed by atoms with Crippen LogP contribution in [0.15, 0.2) is 73.2 Å². The van der Waals surface area contributed by atoms with E-state index in [4.69, 9.17) is 11.6 Å². The van der Waals surface area contributed by atoms with Crippen molar-refractivity contribution in [2.75, 3.05) is 48.4 Å². The van der Waals surface area contributed by atoms with Crippen LogP contribution >= 0.6 is 11.6 Å². The Morgan fingerprint density at radius 2 is 1.82 bits per heavy atom. The summed E-state index contributed by atoms with van der Waals surface area (Å²) < 4.78 is 28.2. The summed E-state index contributed by atoms with van der Waals surface area (Å²) in [7, 11) is 0.334. The average Bonchev–Trinajstić information content (AvgIpc) is 3.45. The highest BCUT2D eigenvalue weighted by Crippen LogP contribution is 2.39. The second-order valence-corrected chi connectivity index (χ2v) is 11.7. The molecule has 0 radical (unpaired) electrons. The fraction of sp³-hybridized carbons (Fsp3) is 0.185. The van der Waals surface area contributed by atoms with E-state index in [1.54, 1.807) is 42.6 Å². The minimum Gasteiger partial charge on any atom is -0.354 e. The van der Waals surface area contributed by atoms with Crippen LogP contribution in [0.5, 0.6) is 0 Å². The molecule has 0 fully saturated rings. The molecule has 0 unspecified atom stereocenters. The average molecular weight is 551 g/mol. The normalized spacial score (nSPS) is 14.5.